The van der Waals surface area contributed by atoms with Crippen LogP contribution in [0.1, 0.15) is 0 Å². The monoisotopic (exact) mass is 526 g/mol. The van der Waals surface area contributed by atoms with Gasteiger partial charge in [-0.3, -0.25) is 0 Å². The Kier molecular flexibility index (Phi) is 4.55. The number of benzene rings is 7. The largest absolute Gasteiger partial charge is 0.463 e. The molecule has 7 aromatic carbocycles. The van der Waals surface area contributed by atoms with E-state index < -0.39 is 0 Å². The van der Waals surface area contributed by atoms with Gasteiger partial charge in [-0.05, 0) is 67.7 Å². The van der Waals surface area contributed by atoms with Gasteiger partial charge in [0.1, 0.15) is 5.58 Å². The Labute approximate surface area is 234 Å². The van der Waals surface area contributed by atoms with Crippen LogP contribution in [0.3, 0.4) is 0 Å². The topological polar surface area (TPSA) is 13.1 Å². The molecule has 186 valence electrons. The van der Waals surface area contributed by atoms with Crippen LogP contribution in [0.25, 0.3) is 85.7 Å². The van der Waals surface area contributed by atoms with Crippen LogP contribution in [-0.2, 0) is 0 Å². The molecule has 0 N–H and O–H groups in total. The van der Waals surface area contributed by atoms with Gasteiger partial charge in [0.05, 0.1) is 6.26 Å². The quantitative estimate of drug-likeness (QED) is 0.204. The summed E-state index contributed by atoms with van der Waals surface area (Å²) in [4.78, 5) is 0. The summed E-state index contributed by atoms with van der Waals surface area (Å²) in [6.07, 6.45) is 1.97. The van der Waals surface area contributed by atoms with E-state index in [1.165, 1.54) is 69.2 Å². The molecular formula is C38H22OS. The summed E-state index contributed by atoms with van der Waals surface area (Å²) in [5, 5.41) is 11.1. The average Bonchev–Trinajstić information content (AvgIpc) is 3.61. The van der Waals surface area contributed by atoms with Crippen LogP contribution in [0.15, 0.2) is 138 Å². The second-order valence-corrected chi connectivity index (χ2v) is 11.5. The van der Waals surface area contributed by atoms with E-state index in [1.807, 2.05) is 17.6 Å². The highest BCUT2D eigenvalue weighted by atomic mass is 32.1. The third-order valence-corrected chi connectivity index (χ3v) is 9.46. The minimum atomic E-state index is 0.969. The van der Waals surface area contributed by atoms with Crippen LogP contribution < -0.4 is 0 Å². The molecule has 0 bridgehead atoms. The molecule has 0 spiro atoms. The lowest BCUT2D eigenvalue weighted by atomic mass is 9.85. The van der Waals surface area contributed by atoms with Crippen molar-refractivity contribution in [2.45, 2.75) is 0 Å². The summed E-state index contributed by atoms with van der Waals surface area (Å²) >= 11 is 1.83. The molecule has 0 saturated carbocycles. The Morgan fingerprint density at radius 1 is 0.450 bits per heavy atom. The fraction of sp³-hybridized carbons (Fsp3) is 0. The maximum Gasteiger partial charge on any atom is 0.143 e. The summed E-state index contributed by atoms with van der Waals surface area (Å²) in [6, 6.07) is 46.2. The van der Waals surface area contributed by atoms with Crippen molar-refractivity contribution in [1.82, 2.24) is 0 Å². The van der Waals surface area contributed by atoms with Gasteiger partial charge in [-0.25, -0.2) is 0 Å². The number of thiophene rings is 1. The lowest BCUT2D eigenvalue weighted by molar-refractivity contribution is 0.620. The van der Waals surface area contributed by atoms with Gasteiger partial charge in [0.15, 0.2) is 0 Å². The van der Waals surface area contributed by atoms with Crippen LogP contribution in [0.4, 0.5) is 0 Å². The molecule has 2 aromatic heterocycles. The molecule has 0 fully saturated rings. The highest BCUT2D eigenvalue weighted by Gasteiger charge is 2.21. The van der Waals surface area contributed by atoms with Gasteiger partial charge in [-0.15, -0.1) is 11.3 Å². The number of hydrogen-bond acceptors (Lipinski definition) is 2. The molecule has 0 aliphatic rings. The second-order valence-electron chi connectivity index (χ2n) is 10.5. The van der Waals surface area contributed by atoms with Crippen molar-refractivity contribution >= 4 is 74.8 Å². The van der Waals surface area contributed by atoms with Gasteiger partial charge in [0, 0.05) is 36.7 Å². The minimum Gasteiger partial charge on any atom is -0.463 e. The third kappa shape index (κ3) is 3.03. The highest BCUT2D eigenvalue weighted by Crippen LogP contribution is 2.48. The molecule has 9 aromatic rings. The number of fused-ring (bicyclic) bond motifs is 8. The van der Waals surface area contributed by atoms with E-state index in [9.17, 15) is 0 Å². The first-order chi connectivity index (χ1) is 19.8. The molecule has 2 heterocycles. The maximum absolute atomic E-state index is 6.45. The SMILES string of the molecule is c1ccc2cc(-c3c4ccccc4c(-c4coc5c4ccc4sc6ccccc6c45)c4ccccc34)ccc2c1. The Balaban J connectivity index is 1.40. The molecule has 40 heavy (non-hydrogen) atoms. The minimum absolute atomic E-state index is 0.969. The van der Waals surface area contributed by atoms with Crippen LogP contribution >= 0.6 is 11.3 Å². The number of furan rings is 1. The van der Waals surface area contributed by atoms with E-state index in [2.05, 4.69) is 127 Å². The first-order valence-electron chi connectivity index (χ1n) is 13.6. The van der Waals surface area contributed by atoms with Gasteiger partial charge in [0.25, 0.3) is 0 Å². The van der Waals surface area contributed by atoms with E-state index in [4.69, 9.17) is 4.42 Å². The molecule has 0 radical (unpaired) electrons. The fourth-order valence-corrected chi connectivity index (χ4v) is 7.67. The summed E-state index contributed by atoms with van der Waals surface area (Å²) in [5.74, 6) is 0. The van der Waals surface area contributed by atoms with E-state index in [-0.39, 0.29) is 0 Å². The van der Waals surface area contributed by atoms with Crippen molar-refractivity contribution < 1.29 is 4.42 Å². The van der Waals surface area contributed by atoms with Crippen LogP contribution in [-0.4, -0.2) is 0 Å². The smallest absolute Gasteiger partial charge is 0.143 e. The third-order valence-electron chi connectivity index (χ3n) is 8.32. The van der Waals surface area contributed by atoms with Crippen molar-refractivity contribution in [3.63, 3.8) is 0 Å². The first kappa shape index (κ1) is 22.0. The average molecular weight is 527 g/mol. The lowest BCUT2D eigenvalue weighted by Gasteiger charge is -2.17. The number of hydrogen-bond donors (Lipinski definition) is 0. The normalized spacial score (nSPS) is 12.0. The van der Waals surface area contributed by atoms with E-state index in [0.29, 0.717) is 0 Å². The van der Waals surface area contributed by atoms with Gasteiger partial charge in [0.2, 0.25) is 0 Å². The van der Waals surface area contributed by atoms with Crippen LogP contribution in [0.5, 0.6) is 0 Å². The predicted octanol–water partition coefficient (Wildman–Crippen LogP) is 11.6. The van der Waals surface area contributed by atoms with Gasteiger partial charge < -0.3 is 4.42 Å². The molecule has 1 nitrogen and oxygen atoms in total. The molecule has 0 unspecified atom stereocenters. The predicted molar refractivity (Wildman–Crippen MR) is 172 cm³/mol. The Morgan fingerprint density at radius 3 is 1.82 bits per heavy atom. The Hall–Kier alpha value is -4.92. The second kappa shape index (κ2) is 8.29. The zero-order valence-corrected chi connectivity index (χ0v) is 22.3. The molecule has 0 aliphatic carbocycles. The highest BCUT2D eigenvalue weighted by molar-refractivity contribution is 7.26. The summed E-state index contributed by atoms with van der Waals surface area (Å²) in [7, 11) is 0. The van der Waals surface area contributed by atoms with Crippen molar-refractivity contribution in [3.05, 3.63) is 134 Å². The summed E-state index contributed by atoms with van der Waals surface area (Å²) < 4.78 is 9.00. The first-order valence-corrected chi connectivity index (χ1v) is 14.4. The zero-order valence-electron chi connectivity index (χ0n) is 21.5. The van der Waals surface area contributed by atoms with Gasteiger partial charge in [-0.1, -0.05) is 103 Å². The molecule has 0 aliphatic heterocycles. The molecular weight excluding hydrogens is 504 g/mol. The van der Waals surface area contributed by atoms with Crippen molar-refractivity contribution in [2.75, 3.05) is 0 Å². The summed E-state index contributed by atoms with van der Waals surface area (Å²) in [6.45, 7) is 0. The van der Waals surface area contributed by atoms with Crippen LogP contribution in [0, 0.1) is 0 Å². The Bertz CT molecular complexity index is 2380. The van der Waals surface area contributed by atoms with Crippen molar-refractivity contribution in [2.24, 2.45) is 0 Å². The van der Waals surface area contributed by atoms with Crippen molar-refractivity contribution in [3.8, 4) is 22.3 Å². The van der Waals surface area contributed by atoms with E-state index >= 15 is 0 Å². The summed E-state index contributed by atoms with van der Waals surface area (Å²) in [5.41, 5.74) is 5.86. The molecule has 2 heteroatoms. The maximum atomic E-state index is 6.45. The molecule has 0 atom stereocenters. The van der Waals surface area contributed by atoms with Crippen molar-refractivity contribution in [1.29, 1.82) is 0 Å². The molecule has 9 rings (SSSR count). The fourth-order valence-electron chi connectivity index (χ4n) is 6.57. The number of rotatable bonds is 2. The van der Waals surface area contributed by atoms with Gasteiger partial charge in [-0.2, -0.15) is 0 Å². The zero-order chi connectivity index (χ0) is 26.2. The van der Waals surface area contributed by atoms with E-state index in [1.54, 1.807) is 0 Å². The lowest BCUT2D eigenvalue weighted by Crippen LogP contribution is -1.90. The standard InChI is InChI=1S/C38H22OS/c1-2-10-24-21-25(18-17-23(24)9-1)35-26-11-3-5-13-28(26)36(29-14-6-4-12-27(29)35)32-22-39-38-30(32)19-20-34-37(38)31-15-7-8-16-33(31)40-34/h1-22H. The van der Waals surface area contributed by atoms with E-state index in [0.717, 1.165) is 16.5 Å². The Morgan fingerprint density at radius 2 is 1.07 bits per heavy atom. The molecule has 0 amide bonds. The molecule has 0 saturated heterocycles. The van der Waals surface area contributed by atoms with Gasteiger partial charge >= 0.3 is 0 Å². The van der Waals surface area contributed by atoms with Crippen LogP contribution in [0.2, 0.25) is 0 Å².